The van der Waals surface area contributed by atoms with E-state index in [0.29, 0.717) is 12.0 Å². The van der Waals surface area contributed by atoms with Gasteiger partial charge in [0.25, 0.3) is 5.91 Å². The van der Waals surface area contributed by atoms with E-state index in [-0.39, 0.29) is 18.6 Å². The van der Waals surface area contributed by atoms with Gasteiger partial charge in [-0.25, -0.2) is 0 Å². The number of thioether (sulfide) groups is 1. The molecule has 1 amide bonds. The van der Waals surface area contributed by atoms with E-state index in [2.05, 4.69) is 17.2 Å². The lowest BCUT2D eigenvalue weighted by molar-refractivity contribution is 0.0943. The van der Waals surface area contributed by atoms with Crippen LogP contribution in [0, 0.1) is 18.8 Å². The summed E-state index contributed by atoms with van der Waals surface area (Å²) in [4.78, 5) is 12.1. The number of hydrogen-bond acceptors (Lipinski definition) is 3. The molecule has 2 N–H and O–H groups in total. The fourth-order valence-corrected chi connectivity index (χ4v) is 2.34. The van der Waals surface area contributed by atoms with Gasteiger partial charge in [-0.3, -0.25) is 4.79 Å². The monoisotopic (exact) mass is 291 g/mol. The Kier molecular flexibility index (Phi) is 7.21. The second-order valence-electron chi connectivity index (χ2n) is 4.63. The smallest absolute Gasteiger partial charge is 0.251 e. The van der Waals surface area contributed by atoms with Gasteiger partial charge in [-0.2, -0.15) is 11.8 Å². The Labute approximate surface area is 125 Å². The molecule has 1 atom stereocenters. The average molecular weight is 291 g/mol. The fraction of sp³-hybridized carbons (Fsp3) is 0.438. The van der Waals surface area contributed by atoms with Gasteiger partial charge in [0, 0.05) is 29.3 Å². The molecule has 20 heavy (non-hydrogen) atoms. The molecule has 0 saturated carbocycles. The van der Waals surface area contributed by atoms with E-state index in [0.717, 1.165) is 16.9 Å². The van der Waals surface area contributed by atoms with E-state index in [4.69, 9.17) is 5.11 Å². The van der Waals surface area contributed by atoms with E-state index in [1.54, 1.807) is 17.8 Å². The molecule has 0 spiro atoms. The molecule has 1 aromatic rings. The topological polar surface area (TPSA) is 49.3 Å². The Morgan fingerprint density at radius 1 is 1.50 bits per heavy atom. The van der Waals surface area contributed by atoms with Crippen LogP contribution in [0.4, 0.5) is 0 Å². The van der Waals surface area contributed by atoms with Gasteiger partial charge in [-0.05, 0) is 43.9 Å². The molecule has 0 aliphatic carbocycles. The second kappa shape index (κ2) is 8.68. The molecule has 3 nitrogen and oxygen atoms in total. The van der Waals surface area contributed by atoms with Crippen molar-refractivity contribution in [2.45, 2.75) is 26.3 Å². The third kappa shape index (κ3) is 5.28. The summed E-state index contributed by atoms with van der Waals surface area (Å²) in [7, 11) is 0. The average Bonchev–Trinajstić information content (AvgIpc) is 2.41. The molecule has 0 saturated heterocycles. The largest absolute Gasteiger partial charge is 0.395 e. The molecule has 0 aliphatic rings. The molecule has 0 heterocycles. The Balaban J connectivity index is 2.77. The van der Waals surface area contributed by atoms with Gasteiger partial charge in [0.2, 0.25) is 0 Å². The molecule has 0 aromatic heterocycles. The SMILES string of the molecule is CSCC(C)NC(=O)c1ccc(C#CCCO)c(C)c1. The zero-order valence-corrected chi connectivity index (χ0v) is 13.0. The molecular formula is C16H21NO2S. The van der Waals surface area contributed by atoms with Crippen LogP contribution < -0.4 is 5.32 Å². The van der Waals surface area contributed by atoms with Gasteiger partial charge in [0.15, 0.2) is 0 Å². The summed E-state index contributed by atoms with van der Waals surface area (Å²) in [6, 6.07) is 5.65. The van der Waals surface area contributed by atoms with E-state index in [1.165, 1.54) is 0 Å². The molecule has 0 bridgehead atoms. The summed E-state index contributed by atoms with van der Waals surface area (Å²) in [6.07, 6.45) is 2.49. The van der Waals surface area contributed by atoms with Crippen LogP contribution in [-0.4, -0.2) is 35.7 Å². The molecule has 1 rings (SSSR count). The molecule has 0 aliphatic heterocycles. The van der Waals surface area contributed by atoms with E-state index in [1.807, 2.05) is 32.2 Å². The maximum absolute atomic E-state index is 12.1. The highest BCUT2D eigenvalue weighted by Crippen LogP contribution is 2.11. The van der Waals surface area contributed by atoms with Crippen LogP contribution >= 0.6 is 11.8 Å². The third-order valence-electron chi connectivity index (χ3n) is 2.74. The highest BCUT2D eigenvalue weighted by Gasteiger charge is 2.10. The molecular weight excluding hydrogens is 270 g/mol. The van der Waals surface area contributed by atoms with Crippen LogP contribution in [0.5, 0.6) is 0 Å². The van der Waals surface area contributed by atoms with Crippen molar-refractivity contribution < 1.29 is 9.90 Å². The highest BCUT2D eigenvalue weighted by molar-refractivity contribution is 7.98. The van der Waals surface area contributed by atoms with Crippen molar-refractivity contribution in [1.29, 1.82) is 0 Å². The Morgan fingerprint density at radius 2 is 2.25 bits per heavy atom. The first-order chi connectivity index (χ1) is 9.58. The molecule has 1 unspecified atom stereocenters. The summed E-state index contributed by atoms with van der Waals surface area (Å²) in [5, 5.41) is 11.7. The lowest BCUT2D eigenvalue weighted by Crippen LogP contribution is -2.34. The number of benzene rings is 1. The number of nitrogens with one attached hydrogen (secondary N) is 1. The Bertz CT molecular complexity index is 517. The van der Waals surface area contributed by atoms with Crippen molar-refractivity contribution in [2.24, 2.45) is 0 Å². The predicted molar refractivity (Wildman–Crippen MR) is 85.1 cm³/mol. The number of aliphatic hydroxyl groups excluding tert-OH is 1. The second-order valence-corrected chi connectivity index (χ2v) is 5.55. The van der Waals surface area contributed by atoms with Crippen LogP contribution in [0.2, 0.25) is 0 Å². The zero-order valence-electron chi connectivity index (χ0n) is 12.2. The molecule has 1 aromatic carbocycles. The quantitative estimate of drug-likeness (QED) is 0.818. The number of amides is 1. The Hall–Kier alpha value is -1.44. The zero-order chi connectivity index (χ0) is 15.0. The summed E-state index contributed by atoms with van der Waals surface area (Å²) in [5.41, 5.74) is 2.52. The van der Waals surface area contributed by atoms with Gasteiger partial charge in [-0.1, -0.05) is 11.8 Å². The van der Waals surface area contributed by atoms with Crippen LogP contribution in [0.25, 0.3) is 0 Å². The van der Waals surface area contributed by atoms with Crippen molar-refractivity contribution >= 4 is 17.7 Å². The van der Waals surface area contributed by atoms with Crippen LogP contribution in [-0.2, 0) is 0 Å². The van der Waals surface area contributed by atoms with Crippen molar-refractivity contribution in [1.82, 2.24) is 5.32 Å². The standard InChI is InChI=1S/C16H21NO2S/c1-12-10-15(16(19)17-13(2)11-20-3)8-7-14(12)6-4-5-9-18/h7-8,10,13,18H,5,9,11H2,1-3H3,(H,17,19). The molecule has 0 fully saturated rings. The first-order valence-corrected chi connectivity index (χ1v) is 7.98. The van der Waals surface area contributed by atoms with Crippen LogP contribution in [0.3, 0.4) is 0 Å². The van der Waals surface area contributed by atoms with E-state index in [9.17, 15) is 4.79 Å². The highest BCUT2D eigenvalue weighted by atomic mass is 32.2. The fourth-order valence-electron chi connectivity index (χ4n) is 1.76. The van der Waals surface area contributed by atoms with Gasteiger partial charge in [0.05, 0.1) is 6.61 Å². The minimum Gasteiger partial charge on any atom is -0.395 e. The van der Waals surface area contributed by atoms with Crippen molar-refractivity contribution in [2.75, 3.05) is 18.6 Å². The lowest BCUT2D eigenvalue weighted by atomic mass is 10.0. The molecule has 4 heteroatoms. The normalized spacial score (nSPS) is 11.4. The van der Waals surface area contributed by atoms with Crippen LogP contribution in [0.15, 0.2) is 18.2 Å². The summed E-state index contributed by atoms with van der Waals surface area (Å²) >= 11 is 1.71. The van der Waals surface area contributed by atoms with Gasteiger partial charge >= 0.3 is 0 Å². The number of carbonyl (C=O) groups is 1. The predicted octanol–water partition coefficient (Wildman–Crippen LogP) is 2.21. The minimum atomic E-state index is -0.0514. The van der Waals surface area contributed by atoms with Crippen molar-refractivity contribution in [3.05, 3.63) is 34.9 Å². The molecule has 0 radical (unpaired) electrons. The minimum absolute atomic E-state index is 0.0514. The first kappa shape index (κ1) is 16.6. The number of aliphatic hydroxyl groups is 1. The number of hydrogen-bond donors (Lipinski definition) is 2. The van der Waals surface area contributed by atoms with E-state index >= 15 is 0 Å². The van der Waals surface area contributed by atoms with Gasteiger partial charge < -0.3 is 10.4 Å². The summed E-state index contributed by atoms with van der Waals surface area (Å²) in [5.74, 6) is 6.73. The molecule has 108 valence electrons. The van der Waals surface area contributed by atoms with Crippen molar-refractivity contribution in [3.63, 3.8) is 0 Å². The summed E-state index contributed by atoms with van der Waals surface area (Å²) < 4.78 is 0. The van der Waals surface area contributed by atoms with Gasteiger partial charge in [0.1, 0.15) is 0 Å². The van der Waals surface area contributed by atoms with E-state index < -0.39 is 0 Å². The number of carbonyl (C=O) groups excluding carboxylic acids is 1. The maximum Gasteiger partial charge on any atom is 0.251 e. The number of aryl methyl sites for hydroxylation is 1. The number of rotatable bonds is 5. The lowest BCUT2D eigenvalue weighted by Gasteiger charge is -2.13. The van der Waals surface area contributed by atoms with Gasteiger partial charge in [-0.15, -0.1) is 0 Å². The third-order valence-corrected chi connectivity index (χ3v) is 3.58. The first-order valence-electron chi connectivity index (χ1n) is 6.58. The Morgan fingerprint density at radius 3 is 2.85 bits per heavy atom. The van der Waals surface area contributed by atoms with Crippen molar-refractivity contribution in [3.8, 4) is 11.8 Å². The maximum atomic E-state index is 12.1. The van der Waals surface area contributed by atoms with Crippen LogP contribution in [0.1, 0.15) is 34.8 Å². The summed E-state index contributed by atoms with van der Waals surface area (Å²) in [6.45, 7) is 4.00.